The molecular weight excluding hydrogens is 533 g/mol. The smallest absolute Gasteiger partial charge is 0.223 e. The third-order valence-corrected chi connectivity index (χ3v) is 7.27. The van der Waals surface area contributed by atoms with Crippen LogP contribution in [-0.4, -0.2) is 93.8 Å². The maximum absolute atomic E-state index is 12.5. The molecule has 0 radical (unpaired) electrons. The van der Waals surface area contributed by atoms with Gasteiger partial charge in [-0.2, -0.15) is 4.31 Å². The van der Waals surface area contributed by atoms with Crippen molar-refractivity contribution in [2.24, 2.45) is 10.9 Å². The third kappa shape index (κ3) is 9.79. The van der Waals surface area contributed by atoms with Crippen LogP contribution in [0.25, 0.3) is 0 Å². The quantitative estimate of drug-likeness (QED) is 0.167. The number of aliphatic imine (C=N–C) groups is 1. The topological polar surface area (TPSA) is 103 Å². The molecule has 1 saturated heterocycles. The number of carbonyl (C=O) groups excluding carboxylic acids is 1. The first kappa shape index (κ1) is 28.4. The van der Waals surface area contributed by atoms with E-state index in [2.05, 4.69) is 20.5 Å². The minimum Gasteiger partial charge on any atom is -0.378 e. The van der Waals surface area contributed by atoms with Gasteiger partial charge in [-0.05, 0) is 40.0 Å². The van der Waals surface area contributed by atoms with Crippen LogP contribution in [0.5, 0.6) is 0 Å². The van der Waals surface area contributed by atoms with E-state index in [1.807, 2.05) is 20.8 Å². The Labute approximate surface area is 204 Å². The zero-order valence-electron chi connectivity index (χ0n) is 19.1. The highest BCUT2D eigenvalue weighted by atomic mass is 127. The number of nitrogens with one attached hydrogen (secondary N) is 2. The molecule has 2 N–H and O–H groups in total. The molecule has 9 nitrogen and oxygen atoms in total. The van der Waals surface area contributed by atoms with Crippen LogP contribution < -0.4 is 10.6 Å². The molecule has 11 heteroatoms. The zero-order chi connectivity index (χ0) is 22.0. The van der Waals surface area contributed by atoms with Crippen LogP contribution >= 0.6 is 24.0 Å². The molecule has 1 aliphatic carbocycles. The molecule has 1 aliphatic heterocycles. The lowest BCUT2D eigenvalue weighted by atomic mass is 9.85. The Morgan fingerprint density at radius 1 is 1.16 bits per heavy atom. The highest BCUT2D eigenvalue weighted by molar-refractivity contribution is 14.0. The summed E-state index contributed by atoms with van der Waals surface area (Å²) in [7, 11) is -3.30. The number of carbonyl (C=O) groups is 1. The normalized spacial score (nSPS) is 18.5. The molecular formula is C20H40IN5O4S. The molecule has 0 atom stereocenters. The molecule has 1 saturated carbocycles. The van der Waals surface area contributed by atoms with Gasteiger partial charge in [0.25, 0.3) is 0 Å². The molecule has 182 valence electrons. The van der Waals surface area contributed by atoms with Crippen LogP contribution in [0.15, 0.2) is 4.99 Å². The Balaban J connectivity index is 0.00000480. The van der Waals surface area contributed by atoms with Crippen molar-refractivity contribution in [2.45, 2.75) is 52.6 Å². The number of hydrogen-bond acceptors (Lipinski definition) is 5. The van der Waals surface area contributed by atoms with E-state index < -0.39 is 10.0 Å². The number of ether oxygens (including phenoxy) is 1. The Bertz CT molecular complexity index is 662. The highest BCUT2D eigenvalue weighted by Gasteiger charge is 2.28. The highest BCUT2D eigenvalue weighted by Crippen LogP contribution is 2.26. The maximum Gasteiger partial charge on any atom is 0.223 e. The second kappa shape index (κ2) is 14.5. The van der Waals surface area contributed by atoms with E-state index in [0.29, 0.717) is 39.3 Å². The van der Waals surface area contributed by atoms with Gasteiger partial charge in [0.05, 0.1) is 18.5 Å². The summed E-state index contributed by atoms with van der Waals surface area (Å²) in [4.78, 5) is 18.6. The van der Waals surface area contributed by atoms with E-state index in [-0.39, 0.29) is 54.3 Å². The largest absolute Gasteiger partial charge is 0.378 e. The van der Waals surface area contributed by atoms with Gasteiger partial charge in [-0.15, -0.1) is 24.0 Å². The monoisotopic (exact) mass is 573 g/mol. The lowest BCUT2D eigenvalue weighted by Gasteiger charge is -2.36. The van der Waals surface area contributed by atoms with Gasteiger partial charge in [0, 0.05) is 51.7 Å². The number of rotatable bonds is 11. The fraction of sp³-hybridized carbons (Fsp3) is 0.900. The van der Waals surface area contributed by atoms with Gasteiger partial charge in [-0.1, -0.05) is 6.42 Å². The fourth-order valence-electron chi connectivity index (χ4n) is 3.41. The van der Waals surface area contributed by atoms with Crippen molar-refractivity contribution in [3.05, 3.63) is 0 Å². The zero-order valence-corrected chi connectivity index (χ0v) is 22.3. The van der Waals surface area contributed by atoms with E-state index >= 15 is 0 Å². The second-order valence-corrected chi connectivity index (χ2v) is 10.2. The Morgan fingerprint density at radius 2 is 1.84 bits per heavy atom. The third-order valence-electron chi connectivity index (χ3n) is 5.43. The summed E-state index contributed by atoms with van der Waals surface area (Å²) in [5.74, 6) is 1.22. The summed E-state index contributed by atoms with van der Waals surface area (Å²) in [5, 5.41) is 6.28. The Morgan fingerprint density at radius 3 is 2.39 bits per heavy atom. The standard InChI is InChI=1S/C20H39N5O4S.HI/c1-4-21-20(23-10-6-9-22-19(26)18-7-5-8-18)24-11-13-25(14-12-24)30(27,28)16-15-29-17(2)3;/h17-18H,4-16H2,1-3H3,(H,21,23)(H,22,26);1H. The first-order valence-electron chi connectivity index (χ1n) is 11.2. The fourth-order valence-corrected chi connectivity index (χ4v) is 4.70. The van der Waals surface area contributed by atoms with Crippen LogP contribution in [0.3, 0.4) is 0 Å². The van der Waals surface area contributed by atoms with Crippen LogP contribution in [-0.2, 0) is 19.6 Å². The average molecular weight is 574 g/mol. The lowest BCUT2D eigenvalue weighted by molar-refractivity contribution is -0.127. The molecule has 1 heterocycles. The lowest BCUT2D eigenvalue weighted by Crippen LogP contribution is -2.54. The second-order valence-electron chi connectivity index (χ2n) is 8.13. The van der Waals surface area contributed by atoms with Gasteiger partial charge < -0.3 is 20.3 Å². The molecule has 2 rings (SSSR count). The van der Waals surface area contributed by atoms with Gasteiger partial charge in [-0.3, -0.25) is 9.79 Å². The summed E-state index contributed by atoms with van der Waals surface area (Å²) < 4.78 is 31.9. The number of nitrogens with zero attached hydrogens (tertiary/aromatic N) is 3. The minimum atomic E-state index is -3.30. The molecule has 0 unspecified atom stereocenters. The van der Waals surface area contributed by atoms with Crippen molar-refractivity contribution >= 4 is 45.9 Å². The van der Waals surface area contributed by atoms with Crippen LogP contribution in [0.2, 0.25) is 0 Å². The number of sulfonamides is 1. The van der Waals surface area contributed by atoms with Crippen molar-refractivity contribution in [1.29, 1.82) is 0 Å². The molecule has 0 aromatic carbocycles. The summed E-state index contributed by atoms with van der Waals surface area (Å²) in [5.41, 5.74) is 0. The van der Waals surface area contributed by atoms with Crippen molar-refractivity contribution in [3.63, 3.8) is 0 Å². The van der Waals surface area contributed by atoms with Crippen molar-refractivity contribution < 1.29 is 17.9 Å². The summed E-state index contributed by atoms with van der Waals surface area (Å²) in [6, 6.07) is 0. The number of guanidine groups is 1. The molecule has 31 heavy (non-hydrogen) atoms. The van der Waals surface area contributed by atoms with E-state index in [4.69, 9.17) is 4.74 Å². The molecule has 0 spiro atoms. The van der Waals surface area contributed by atoms with E-state index in [1.54, 1.807) is 4.31 Å². The number of hydrogen-bond donors (Lipinski definition) is 2. The molecule has 2 fully saturated rings. The SMILES string of the molecule is CCNC(=NCCCNC(=O)C1CCC1)N1CCN(S(=O)(=O)CCOC(C)C)CC1.I. The van der Waals surface area contributed by atoms with Crippen LogP contribution in [0.4, 0.5) is 0 Å². The molecule has 0 bridgehead atoms. The van der Waals surface area contributed by atoms with Gasteiger partial charge in [0.1, 0.15) is 0 Å². The van der Waals surface area contributed by atoms with Crippen molar-refractivity contribution in [3.8, 4) is 0 Å². The molecule has 0 aromatic rings. The first-order chi connectivity index (χ1) is 14.3. The van der Waals surface area contributed by atoms with Crippen molar-refractivity contribution in [1.82, 2.24) is 19.8 Å². The number of amides is 1. The molecule has 0 aromatic heterocycles. The minimum absolute atomic E-state index is 0. The van der Waals surface area contributed by atoms with Gasteiger partial charge in [0.15, 0.2) is 5.96 Å². The van der Waals surface area contributed by atoms with Gasteiger partial charge in [-0.25, -0.2) is 8.42 Å². The Kier molecular flexibility index (Phi) is 13.3. The molecule has 1 amide bonds. The van der Waals surface area contributed by atoms with E-state index in [1.165, 1.54) is 0 Å². The average Bonchev–Trinajstić information content (AvgIpc) is 2.65. The van der Waals surface area contributed by atoms with Crippen LogP contribution in [0, 0.1) is 5.92 Å². The van der Waals surface area contributed by atoms with Gasteiger partial charge >= 0.3 is 0 Å². The number of piperazine rings is 1. The summed E-state index contributed by atoms with van der Waals surface area (Å²) >= 11 is 0. The Hall–Kier alpha value is -0.660. The van der Waals surface area contributed by atoms with Gasteiger partial charge in [0.2, 0.25) is 15.9 Å². The maximum atomic E-state index is 12.5. The summed E-state index contributed by atoms with van der Waals surface area (Å²) in [6.45, 7) is 10.2. The van der Waals surface area contributed by atoms with Crippen molar-refractivity contribution in [2.75, 3.05) is 58.2 Å². The number of halogens is 1. The predicted molar refractivity (Wildman–Crippen MR) is 134 cm³/mol. The predicted octanol–water partition coefficient (Wildman–Crippen LogP) is 1.25. The summed E-state index contributed by atoms with van der Waals surface area (Å²) in [6.07, 6.45) is 4.01. The van der Waals surface area contributed by atoms with Crippen LogP contribution in [0.1, 0.15) is 46.5 Å². The van der Waals surface area contributed by atoms with E-state index in [0.717, 1.165) is 38.2 Å². The van der Waals surface area contributed by atoms with E-state index in [9.17, 15) is 13.2 Å². The molecule has 2 aliphatic rings. The first-order valence-corrected chi connectivity index (χ1v) is 12.8.